The van der Waals surface area contributed by atoms with E-state index >= 15 is 0 Å². The summed E-state index contributed by atoms with van der Waals surface area (Å²) in [6.45, 7) is 0.464. The van der Waals surface area contributed by atoms with Crippen LogP contribution in [0.25, 0.3) is 20.1 Å². The van der Waals surface area contributed by atoms with E-state index in [0.29, 0.717) is 4.88 Å². The molecule has 0 spiro atoms. The summed E-state index contributed by atoms with van der Waals surface area (Å²) in [6, 6.07) is 11.6. The number of piperidine rings is 1. The lowest BCUT2D eigenvalue weighted by Gasteiger charge is -2.35. The number of nitrogens with zero attached hydrogens (tertiary/aromatic N) is 2. The van der Waals surface area contributed by atoms with Crippen molar-refractivity contribution in [3.05, 3.63) is 41.3 Å². The van der Waals surface area contributed by atoms with Gasteiger partial charge in [0.2, 0.25) is 0 Å². The fraction of sp³-hybridized carbons (Fsp3) is 0.278. The maximum Gasteiger partial charge on any atom is 0.335 e. The molecule has 1 aliphatic rings. The van der Waals surface area contributed by atoms with Gasteiger partial charge in [-0.3, -0.25) is 4.79 Å². The number of carbonyl (C=O) groups excluding carboxylic acids is 1. The minimum absolute atomic E-state index is 0.0458. The molecule has 6 nitrogen and oxygen atoms in total. The van der Waals surface area contributed by atoms with Crippen LogP contribution < -0.4 is 0 Å². The number of benzene rings is 1. The second-order valence-electron chi connectivity index (χ2n) is 6.28. The summed E-state index contributed by atoms with van der Waals surface area (Å²) in [5, 5.41) is 20.0. The van der Waals surface area contributed by atoms with E-state index in [1.165, 1.54) is 11.3 Å². The maximum atomic E-state index is 12.7. The van der Waals surface area contributed by atoms with E-state index < -0.39 is 11.6 Å². The highest BCUT2D eigenvalue weighted by atomic mass is 32.1. The Balaban J connectivity index is 1.51. The highest BCUT2D eigenvalue weighted by molar-refractivity contribution is 7.26. The first-order chi connectivity index (χ1) is 12.5. The monoisotopic (exact) mass is 388 g/mol. The molecule has 4 rings (SSSR count). The number of carbonyl (C=O) groups is 2. The number of carboxylic acids is 1. The number of aliphatic hydroxyl groups is 1. The van der Waals surface area contributed by atoms with Crippen LogP contribution >= 0.6 is 22.7 Å². The number of aliphatic carboxylic acids is 1. The normalized spacial score (nSPS) is 16.7. The van der Waals surface area contributed by atoms with Gasteiger partial charge < -0.3 is 15.1 Å². The van der Waals surface area contributed by atoms with Crippen molar-refractivity contribution >= 4 is 44.8 Å². The van der Waals surface area contributed by atoms with Crippen molar-refractivity contribution in [3.8, 4) is 9.88 Å². The molecular formula is C18H16N2O4S2. The summed E-state index contributed by atoms with van der Waals surface area (Å²) in [6.07, 6.45) is 0.0916. The molecule has 1 saturated heterocycles. The van der Waals surface area contributed by atoms with E-state index in [1.54, 1.807) is 22.3 Å². The highest BCUT2D eigenvalue weighted by Gasteiger charge is 2.40. The van der Waals surface area contributed by atoms with Crippen LogP contribution in [0, 0.1) is 0 Å². The molecule has 0 atom stereocenters. The number of thiazole rings is 1. The molecule has 0 bridgehead atoms. The Morgan fingerprint density at radius 3 is 2.50 bits per heavy atom. The van der Waals surface area contributed by atoms with E-state index in [0.717, 1.165) is 20.1 Å². The summed E-state index contributed by atoms with van der Waals surface area (Å²) in [7, 11) is 0. The van der Waals surface area contributed by atoms with Crippen molar-refractivity contribution in [2.75, 3.05) is 13.1 Å². The molecule has 26 heavy (non-hydrogen) atoms. The molecule has 0 unspecified atom stereocenters. The lowest BCUT2D eigenvalue weighted by Crippen LogP contribution is -2.50. The van der Waals surface area contributed by atoms with Crippen molar-refractivity contribution in [1.82, 2.24) is 9.88 Å². The van der Waals surface area contributed by atoms with Crippen LogP contribution in [0.1, 0.15) is 22.5 Å². The minimum Gasteiger partial charge on any atom is -0.479 e. The number of hydrogen-bond acceptors (Lipinski definition) is 6. The van der Waals surface area contributed by atoms with Crippen LogP contribution in [-0.2, 0) is 4.79 Å². The van der Waals surface area contributed by atoms with E-state index in [-0.39, 0.29) is 31.8 Å². The lowest BCUT2D eigenvalue weighted by atomic mass is 9.91. The molecule has 134 valence electrons. The summed E-state index contributed by atoms with van der Waals surface area (Å²) < 4.78 is 1.10. The summed E-state index contributed by atoms with van der Waals surface area (Å²) >= 11 is 2.98. The molecule has 2 aromatic heterocycles. The number of aromatic nitrogens is 1. The van der Waals surface area contributed by atoms with Gasteiger partial charge in [0, 0.05) is 25.9 Å². The van der Waals surface area contributed by atoms with Crippen molar-refractivity contribution in [1.29, 1.82) is 0 Å². The van der Waals surface area contributed by atoms with Gasteiger partial charge in [-0.1, -0.05) is 12.1 Å². The summed E-state index contributed by atoms with van der Waals surface area (Å²) in [5.41, 5.74) is -0.781. The van der Waals surface area contributed by atoms with Crippen molar-refractivity contribution < 1.29 is 19.8 Å². The number of hydrogen-bond donors (Lipinski definition) is 2. The first-order valence-electron chi connectivity index (χ1n) is 8.17. The van der Waals surface area contributed by atoms with Crippen LogP contribution in [0.5, 0.6) is 0 Å². The molecule has 3 aromatic rings. The zero-order valence-corrected chi connectivity index (χ0v) is 15.3. The molecule has 2 N–H and O–H groups in total. The SMILES string of the molecule is O=C(c1ccc(-c2nc3ccccc3s2)s1)N1CCC(O)(C(=O)O)CC1. The highest BCUT2D eigenvalue weighted by Crippen LogP contribution is 2.35. The van der Waals surface area contributed by atoms with Crippen molar-refractivity contribution in [2.45, 2.75) is 18.4 Å². The third-order valence-electron chi connectivity index (χ3n) is 4.60. The molecule has 8 heteroatoms. The first-order valence-corrected chi connectivity index (χ1v) is 9.80. The Hall–Kier alpha value is -2.29. The Bertz CT molecular complexity index is 953. The molecule has 0 saturated carbocycles. The van der Waals surface area contributed by atoms with Gasteiger partial charge in [0.05, 0.1) is 20.0 Å². The fourth-order valence-corrected chi connectivity index (χ4v) is 4.99. The average molecular weight is 388 g/mol. The predicted molar refractivity (Wildman–Crippen MR) is 101 cm³/mol. The Morgan fingerprint density at radius 2 is 1.81 bits per heavy atom. The van der Waals surface area contributed by atoms with Gasteiger partial charge in [-0.2, -0.15) is 0 Å². The molecule has 1 aromatic carbocycles. The van der Waals surface area contributed by atoms with Crippen LogP contribution in [0.15, 0.2) is 36.4 Å². The molecular weight excluding hydrogens is 372 g/mol. The largest absolute Gasteiger partial charge is 0.479 e. The standard InChI is InChI=1S/C18H16N2O4S2/c21-16(20-9-7-18(24,8-10-20)17(22)23)14-6-5-13(25-14)15-19-11-3-1-2-4-12(11)26-15/h1-6,24H,7-10H2,(H,22,23). The Morgan fingerprint density at radius 1 is 1.08 bits per heavy atom. The average Bonchev–Trinajstić information content (AvgIpc) is 3.28. The van der Waals surface area contributed by atoms with Gasteiger partial charge in [-0.05, 0) is 24.3 Å². The van der Waals surface area contributed by atoms with E-state index in [2.05, 4.69) is 4.98 Å². The second kappa shape index (κ2) is 6.46. The number of likely N-dealkylation sites (tertiary alicyclic amines) is 1. The molecule has 1 amide bonds. The third-order valence-corrected chi connectivity index (χ3v) is 6.88. The Kier molecular flexibility index (Phi) is 4.26. The van der Waals surface area contributed by atoms with E-state index in [4.69, 9.17) is 5.11 Å². The van der Waals surface area contributed by atoms with Crippen LogP contribution in [-0.4, -0.2) is 50.7 Å². The second-order valence-corrected chi connectivity index (χ2v) is 8.39. The number of amides is 1. The zero-order chi connectivity index (χ0) is 18.3. The molecule has 1 fully saturated rings. The smallest absolute Gasteiger partial charge is 0.335 e. The topological polar surface area (TPSA) is 90.7 Å². The minimum atomic E-state index is -1.72. The van der Waals surface area contributed by atoms with Gasteiger partial charge in [0.1, 0.15) is 5.01 Å². The van der Waals surface area contributed by atoms with Crippen LogP contribution in [0.4, 0.5) is 0 Å². The number of thiophene rings is 1. The predicted octanol–water partition coefficient (Wildman–Crippen LogP) is 3.08. The maximum absolute atomic E-state index is 12.7. The van der Waals surface area contributed by atoms with Crippen LogP contribution in [0.2, 0.25) is 0 Å². The number of fused-ring (bicyclic) bond motifs is 1. The number of rotatable bonds is 3. The van der Waals surface area contributed by atoms with E-state index in [9.17, 15) is 14.7 Å². The molecule has 3 heterocycles. The Labute approximate surface area is 157 Å². The molecule has 1 aliphatic heterocycles. The summed E-state index contributed by atoms with van der Waals surface area (Å²) in [4.78, 5) is 31.5. The van der Waals surface area contributed by atoms with Gasteiger partial charge in [0.25, 0.3) is 5.91 Å². The fourth-order valence-electron chi connectivity index (χ4n) is 2.99. The van der Waals surface area contributed by atoms with Gasteiger partial charge in [0.15, 0.2) is 5.60 Å². The van der Waals surface area contributed by atoms with Crippen molar-refractivity contribution in [2.24, 2.45) is 0 Å². The van der Waals surface area contributed by atoms with Gasteiger partial charge >= 0.3 is 5.97 Å². The molecule has 0 radical (unpaired) electrons. The first kappa shape index (κ1) is 17.1. The lowest BCUT2D eigenvalue weighted by molar-refractivity contribution is -0.162. The van der Waals surface area contributed by atoms with Gasteiger partial charge in [-0.25, -0.2) is 9.78 Å². The van der Waals surface area contributed by atoms with Gasteiger partial charge in [-0.15, -0.1) is 22.7 Å². The van der Waals surface area contributed by atoms with Crippen molar-refractivity contribution in [3.63, 3.8) is 0 Å². The van der Waals surface area contributed by atoms with Crippen LogP contribution in [0.3, 0.4) is 0 Å². The molecule has 0 aliphatic carbocycles. The third kappa shape index (κ3) is 3.00. The zero-order valence-electron chi connectivity index (χ0n) is 13.7. The summed E-state index contributed by atoms with van der Waals surface area (Å²) in [5.74, 6) is -1.35. The number of para-hydroxylation sites is 1. The quantitative estimate of drug-likeness (QED) is 0.720. The number of carboxylic acid groups (broad SMARTS) is 1. The van der Waals surface area contributed by atoms with E-state index in [1.807, 2.05) is 30.3 Å².